The van der Waals surface area contributed by atoms with Crippen LogP contribution in [0.25, 0.3) is 11.2 Å². The zero-order valence-electron chi connectivity index (χ0n) is 20.1. The fourth-order valence-electron chi connectivity index (χ4n) is 4.04. The van der Waals surface area contributed by atoms with Crippen molar-refractivity contribution >= 4 is 28.9 Å². The van der Waals surface area contributed by atoms with Gasteiger partial charge in [0.25, 0.3) is 5.91 Å². The van der Waals surface area contributed by atoms with Crippen LogP contribution in [-0.4, -0.2) is 66.5 Å². The summed E-state index contributed by atoms with van der Waals surface area (Å²) in [4.78, 5) is 37.7. The van der Waals surface area contributed by atoms with Crippen LogP contribution in [0.3, 0.4) is 0 Å². The van der Waals surface area contributed by atoms with E-state index in [1.54, 1.807) is 36.4 Å². The molecule has 2 aromatic heterocycles. The summed E-state index contributed by atoms with van der Waals surface area (Å²) in [5, 5.41) is 24.0. The number of rotatable bonds is 6. The van der Waals surface area contributed by atoms with Gasteiger partial charge < -0.3 is 25.0 Å². The topological polar surface area (TPSA) is 149 Å². The molecule has 2 aromatic carbocycles. The summed E-state index contributed by atoms with van der Waals surface area (Å²) in [6.45, 7) is 3.57. The fourth-order valence-corrected chi connectivity index (χ4v) is 4.04. The Morgan fingerprint density at radius 2 is 1.59 bits per heavy atom. The Morgan fingerprint density at radius 1 is 0.946 bits per heavy atom. The number of ether oxygens (including phenoxy) is 2. The van der Waals surface area contributed by atoms with Crippen LogP contribution in [0.15, 0.2) is 61.2 Å². The van der Waals surface area contributed by atoms with Gasteiger partial charge in [-0.05, 0) is 38.1 Å². The van der Waals surface area contributed by atoms with Crippen molar-refractivity contribution < 1.29 is 29.3 Å². The van der Waals surface area contributed by atoms with Crippen LogP contribution in [0.1, 0.15) is 38.1 Å². The molecule has 37 heavy (non-hydrogen) atoms. The lowest BCUT2D eigenvalue weighted by Crippen LogP contribution is -2.34. The second-order valence-corrected chi connectivity index (χ2v) is 8.88. The summed E-state index contributed by atoms with van der Waals surface area (Å²) >= 11 is 0. The molecule has 11 nitrogen and oxygen atoms in total. The molecule has 1 aliphatic heterocycles. The molecule has 190 valence electrons. The SMILES string of the molecule is Cc1ccc(C(=O)Nc2ncnc3c2ncn3[C@@H]2O[C@H](COC(=O)c3ccc(C)cc3)[C@@H](O)[C@H]2O)cc1. The number of aromatic nitrogens is 4. The smallest absolute Gasteiger partial charge is 0.338 e. The van der Waals surface area contributed by atoms with Gasteiger partial charge in [0.15, 0.2) is 23.2 Å². The molecule has 1 amide bonds. The van der Waals surface area contributed by atoms with E-state index in [2.05, 4.69) is 20.3 Å². The number of aliphatic hydroxyl groups is 2. The van der Waals surface area contributed by atoms with Crippen LogP contribution in [0.4, 0.5) is 5.82 Å². The third-order valence-corrected chi connectivity index (χ3v) is 6.18. The minimum atomic E-state index is -1.35. The lowest BCUT2D eigenvalue weighted by atomic mass is 10.1. The summed E-state index contributed by atoms with van der Waals surface area (Å²) in [6, 6.07) is 14.0. The predicted molar refractivity (Wildman–Crippen MR) is 132 cm³/mol. The number of fused-ring (bicyclic) bond motifs is 1. The van der Waals surface area contributed by atoms with Crippen LogP contribution in [0, 0.1) is 13.8 Å². The monoisotopic (exact) mass is 503 g/mol. The van der Waals surface area contributed by atoms with Crippen molar-refractivity contribution in [1.29, 1.82) is 0 Å². The number of hydrogen-bond donors (Lipinski definition) is 3. The minimum Gasteiger partial charge on any atom is -0.459 e. The van der Waals surface area contributed by atoms with Crippen LogP contribution in [0.5, 0.6) is 0 Å². The molecule has 11 heteroatoms. The van der Waals surface area contributed by atoms with E-state index in [0.717, 1.165) is 11.1 Å². The van der Waals surface area contributed by atoms with Crippen molar-refractivity contribution in [2.45, 2.75) is 38.4 Å². The first kappa shape index (κ1) is 24.5. The Balaban J connectivity index is 1.31. The van der Waals surface area contributed by atoms with Gasteiger partial charge in [-0.1, -0.05) is 35.4 Å². The number of aryl methyl sites for hydroxylation is 2. The van der Waals surface area contributed by atoms with E-state index >= 15 is 0 Å². The van der Waals surface area contributed by atoms with Gasteiger partial charge in [0.2, 0.25) is 0 Å². The maximum atomic E-state index is 12.7. The number of aliphatic hydroxyl groups excluding tert-OH is 2. The third-order valence-electron chi connectivity index (χ3n) is 6.18. The number of hydrogen-bond acceptors (Lipinski definition) is 9. The highest BCUT2D eigenvalue weighted by Gasteiger charge is 2.45. The average molecular weight is 504 g/mol. The van der Waals surface area contributed by atoms with Crippen molar-refractivity contribution in [3.05, 3.63) is 83.4 Å². The van der Waals surface area contributed by atoms with Gasteiger partial charge in [0.1, 0.15) is 31.2 Å². The number of imidazole rings is 1. The zero-order chi connectivity index (χ0) is 26.1. The van der Waals surface area contributed by atoms with Crippen LogP contribution < -0.4 is 5.32 Å². The highest BCUT2D eigenvalue weighted by Crippen LogP contribution is 2.32. The number of nitrogens with zero attached hydrogens (tertiary/aromatic N) is 4. The normalized spacial score (nSPS) is 21.2. The van der Waals surface area contributed by atoms with Crippen LogP contribution in [-0.2, 0) is 9.47 Å². The number of nitrogens with one attached hydrogen (secondary N) is 1. The Kier molecular flexibility index (Phi) is 6.66. The molecule has 1 fully saturated rings. The summed E-state index contributed by atoms with van der Waals surface area (Å²) < 4.78 is 12.6. The van der Waals surface area contributed by atoms with Crippen LogP contribution >= 0.6 is 0 Å². The molecule has 0 aliphatic carbocycles. The summed E-state index contributed by atoms with van der Waals surface area (Å²) in [6.07, 6.45) is -2.07. The summed E-state index contributed by atoms with van der Waals surface area (Å²) in [5.74, 6) is -0.743. The number of carbonyl (C=O) groups excluding carboxylic acids is 2. The third kappa shape index (κ3) is 4.92. The highest BCUT2D eigenvalue weighted by molar-refractivity contribution is 6.06. The van der Waals surface area contributed by atoms with Gasteiger partial charge in [-0.3, -0.25) is 9.36 Å². The molecule has 0 unspecified atom stereocenters. The van der Waals surface area contributed by atoms with Gasteiger partial charge in [0.05, 0.1) is 11.9 Å². The van der Waals surface area contributed by atoms with E-state index in [1.165, 1.54) is 17.2 Å². The molecule has 5 rings (SSSR count). The largest absolute Gasteiger partial charge is 0.459 e. The van der Waals surface area contributed by atoms with Crippen molar-refractivity contribution in [1.82, 2.24) is 19.5 Å². The zero-order valence-corrected chi connectivity index (χ0v) is 20.1. The Hall–Kier alpha value is -4.19. The average Bonchev–Trinajstić information content (AvgIpc) is 3.45. The quantitative estimate of drug-likeness (QED) is 0.337. The molecule has 4 atom stereocenters. The molecule has 4 aromatic rings. The number of anilines is 1. The van der Waals surface area contributed by atoms with Crippen LogP contribution in [0.2, 0.25) is 0 Å². The molecular formula is C26H25N5O6. The predicted octanol–water partition coefficient (Wildman–Crippen LogP) is 2.17. The first-order valence-electron chi connectivity index (χ1n) is 11.6. The Bertz CT molecular complexity index is 1440. The van der Waals surface area contributed by atoms with Gasteiger partial charge in [0, 0.05) is 5.56 Å². The van der Waals surface area contributed by atoms with Gasteiger partial charge >= 0.3 is 5.97 Å². The minimum absolute atomic E-state index is 0.186. The molecular weight excluding hydrogens is 478 g/mol. The van der Waals surface area contributed by atoms with Gasteiger partial charge in [-0.2, -0.15) is 0 Å². The van der Waals surface area contributed by atoms with E-state index in [9.17, 15) is 19.8 Å². The second kappa shape index (κ2) is 10.1. The van der Waals surface area contributed by atoms with E-state index < -0.39 is 30.5 Å². The maximum Gasteiger partial charge on any atom is 0.338 e. The van der Waals surface area contributed by atoms with Crippen molar-refractivity contribution in [3.8, 4) is 0 Å². The molecule has 1 saturated heterocycles. The van der Waals surface area contributed by atoms with Gasteiger partial charge in [-0.25, -0.2) is 19.7 Å². The molecule has 0 radical (unpaired) electrons. The van der Waals surface area contributed by atoms with Crippen molar-refractivity contribution in [2.75, 3.05) is 11.9 Å². The molecule has 0 saturated carbocycles. The standard InChI is InChI=1S/C26H25N5O6/c1-14-3-7-16(8-4-14)24(34)30-22-19-23(28-12-27-22)31(13-29-19)25-21(33)20(32)18(37-25)11-36-26(35)17-9-5-15(2)6-10-17/h3-10,12-13,18,20-21,25,32-33H,11H2,1-2H3,(H,27,28,30,34)/t18-,20-,21-,25-/m1/s1. The van der Waals surface area contributed by atoms with Gasteiger partial charge in [-0.15, -0.1) is 0 Å². The molecule has 1 aliphatic rings. The molecule has 0 bridgehead atoms. The van der Waals surface area contributed by atoms with E-state index in [-0.39, 0.29) is 29.5 Å². The van der Waals surface area contributed by atoms with E-state index in [0.29, 0.717) is 11.1 Å². The molecule has 3 N–H and O–H groups in total. The summed E-state index contributed by atoms with van der Waals surface area (Å²) in [5.41, 5.74) is 3.42. The first-order valence-corrected chi connectivity index (χ1v) is 11.6. The maximum absolute atomic E-state index is 12.7. The first-order chi connectivity index (χ1) is 17.8. The lowest BCUT2D eigenvalue weighted by Gasteiger charge is -2.16. The number of amides is 1. The number of benzene rings is 2. The fraction of sp³-hybridized carbons (Fsp3) is 0.269. The molecule has 0 spiro atoms. The summed E-state index contributed by atoms with van der Waals surface area (Å²) in [7, 11) is 0. The molecule has 3 heterocycles. The van der Waals surface area contributed by atoms with Crippen molar-refractivity contribution in [3.63, 3.8) is 0 Å². The Morgan fingerprint density at radius 3 is 2.27 bits per heavy atom. The highest BCUT2D eigenvalue weighted by atomic mass is 16.6. The van der Waals surface area contributed by atoms with E-state index in [1.807, 2.05) is 26.0 Å². The lowest BCUT2D eigenvalue weighted by molar-refractivity contribution is -0.0565. The van der Waals surface area contributed by atoms with E-state index in [4.69, 9.17) is 9.47 Å². The second-order valence-electron chi connectivity index (χ2n) is 8.88. The number of esters is 1. The Labute approximate surface area is 211 Å². The number of carbonyl (C=O) groups is 2. The van der Waals surface area contributed by atoms with Crippen molar-refractivity contribution in [2.24, 2.45) is 0 Å².